The largest absolute Gasteiger partial charge is 0.494 e. The number of methoxy groups -OCH3 is 1. The zero-order valence-corrected chi connectivity index (χ0v) is 10.1. The maximum atomic E-state index is 13.4. The van der Waals surface area contributed by atoms with E-state index in [0.29, 0.717) is 0 Å². The van der Waals surface area contributed by atoms with E-state index in [-0.39, 0.29) is 29.8 Å². The fourth-order valence-electron chi connectivity index (χ4n) is 1.62. The number of hydrogen-bond donors (Lipinski definition) is 1. The molecule has 7 heteroatoms. The number of rotatable bonds is 3. The molecule has 0 amide bonds. The minimum absolute atomic E-state index is 0.0178. The van der Waals surface area contributed by atoms with Crippen LogP contribution in [0.15, 0.2) is 23.1 Å². The minimum atomic E-state index is -3.62. The molecule has 0 radical (unpaired) electrons. The van der Waals surface area contributed by atoms with Crippen molar-refractivity contribution in [3.8, 4) is 5.75 Å². The van der Waals surface area contributed by atoms with Crippen molar-refractivity contribution in [2.45, 2.75) is 10.9 Å². The third-order valence-corrected chi connectivity index (χ3v) is 4.46. The van der Waals surface area contributed by atoms with Gasteiger partial charge in [0.15, 0.2) is 11.6 Å². The average molecular weight is 260 g/mol. The Labute approximate surface area is 99.0 Å². The van der Waals surface area contributed by atoms with Gasteiger partial charge < -0.3 is 10.5 Å². The summed E-state index contributed by atoms with van der Waals surface area (Å²) in [7, 11) is -2.30. The molecule has 5 nitrogen and oxygen atoms in total. The zero-order valence-electron chi connectivity index (χ0n) is 9.26. The SMILES string of the molecule is COc1ccc(S(=O)(=O)N2CC(N)C2)cc1F. The second kappa shape index (κ2) is 4.25. The van der Waals surface area contributed by atoms with Crippen LogP contribution in [0.1, 0.15) is 0 Å². The van der Waals surface area contributed by atoms with Crippen LogP contribution in [0.4, 0.5) is 4.39 Å². The highest BCUT2D eigenvalue weighted by Gasteiger charge is 2.34. The van der Waals surface area contributed by atoms with Gasteiger partial charge in [0.2, 0.25) is 10.0 Å². The summed E-state index contributed by atoms with van der Waals surface area (Å²) in [5.41, 5.74) is 5.52. The van der Waals surface area contributed by atoms with E-state index in [4.69, 9.17) is 10.5 Å². The molecular formula is C10H13FN2O3S. The summed E-state index contributed by atoms with van der Waals surface area (Å²) in [6.45, 7) is 0.548. The molecule has 1 heterocycles. The van der Waals surface area contributed by atoms with Crippen LogP contribution >= 0.6 is 0 Å². The van der Waals surface area contributed by atoms with Crippen molar-refractivity contribution < 1.29 is 17.5 Å². The number of benzene rings is 1. The number of sulfonamides is 1. The summed E-state index contributed by atoms with van der Waals surface area (Å²) in [6.07, 6.45) is 0. The van der Waals surface area contributed by atoms with Gasteiger partial charge in [-0.15, -0.1) is 0 Å². The van der Waals surface area contributed by atoms with E-state index in [0.717, 1.165) is 6.07 Å². The van der Waals surface area contributed by atoms with Crippen molar-refractivity contribution in [3.63, 3.8) is 0 Å². The molecule has 0 saturated carbocycles. The molecule has 0 bridgehead atoms. The summed E-state index contributed by atoms with van der Waals surface area (Å²) in [4.78, 5) is -0.0808. The molecule has 0 spiro atoms. The molecule has 1 aromatic carbocycles. The van der Waals surface area contributed by atoms with Gasteiger partial charge in [-0.2, -0.15) is 4.31 Å². The first-order chi connectivity index (χ1) is 7.95. The first-order valence-corrected chi connectivity index (χ1v) is 6.48. The lowest BCUT2D eigenvalue weighted by atomic mass is 10.2. The molecular weight excluding hydrogens is 247 g/mol. The van der Waals surface area contributed by atoms with Crippen molar-refractivity contribution in [2.24, 2.45) is 5.73 Å². The van der Waals surface area contributed by atoms with Gasteiger partial charge in [-0.3, -0.25) is 0 Å². The highest BCUT2D eigenvalue weighted by Crippen LogP contribution is 2.25. The van der Waals surface area contributed by atoms with Crippen molar-refractivity contribution in [2.75, 3.05) is 20.2 Å². The molecule has 17 heavy (non-hydrogen) atoms. The maximum Gasteiger partial charge on any atom is 0.243 e. The van der Waals surface area contributed by atoms with Crippen molar-refractivity contribution in [3.05, 3.63) is 24.0 Å². The lowest BCUT2D eigenvalue weighted by Crippen LogP contribution is -2.57. The smallest absolute Gasteiger partial charge is 0.243 e. The first kappa shape index (κ1) is 12.3. The zero-order chi connectivity index (χ0) is 12.6. The fourth-order valence-corrected chi connectivity index (χ4v) is 3.19. The minimum Gasteiger partial charge on any atom is -0.494 e. The number of nitrogens with two attached hydrogens (primary N) is 1. The van der Waals surface area contributed by atoms with Gasteiger partial charge in [0.25, 0.3) is 0 Å². The first-order valence-electron chi connectivity index (χ1n) is 5.04. The van der Waals surface area contributed by atoms with Crippen LogP contribution in [0.3, 0.4) is 0 Å². The Hall–Kier alpha value is -1.18. The van der Waals surface area contributed by atoms with Gasteiger partial charge >= 0.3 is 0 Å². The Balaban J connectivity index is 2.31. The highest BCUT2D eigenvalue weighted by molar-refractivity contribution is 7.89. The molecule has 1 saturated heterocycles. The molecule has 1 fully saturated rings. The van der Waals surface area contributed by atoms with Gasteiger partial charge in [0.05, 0.1) is 12.0 Å². The molecule has 94 valence electrons. The van der Waals surface area contributed by atoms with Crippen LogP contribution in [-0.4, -0.2) is 39.0 Å². The molecule has 2 N–H and O–H groups in total. The Kier molecular flexibility index (Phi) is 3.07. The molecule has 0 aromatic heterocycles. The van der Waals surface area contributed by atoms with E-state index in [1.54, 1.807) is 0 Å². The molecule has 1 aliphatic heterocycles. The van der Waals surface area contributed by atoms with Gasteiger partial charge in [-0.25, -0.2) is 12.8 Å². The standard InChI is InChI=1S/C10H13FN2O3S/c1-16-10-3-2-8(4-9(10)11)17(14,15)13-5-7(12)6-13/h2-4,7H,5-6,12H2,1H3. The van der Waals surface area contributed by atoms with Gasteiger partial charge in [-0.05, 0) is 18.2 Å². The lowest BCUT2D eigenvalue weighted by Gasteiger charge is -2.35. The predicted octanol–water partition coefficient (Wildman–Crippen LogP) is 0.166. The molecule has 2 rings (SSSR count). The highest BCUT2D eigenvalue weighted by atomic mass is 32.2. The van der Waals surface area contributed by atoms with Crippen LogP contribution in [-0.2, 0) is 10.0 Å². The Morgan fingerprint density at radius 3 is 2.59 bits per heavy atom. The quantitative estimate of drug-likeness (QED) is 0.840. The molecule has 0 atom stereocenters. The fraction of sp³-hybridized carbons (Fsp3) is 0.400. The van der Waals surface area contributed by atoms with Crippen LogP contribution in [0.2, 0.25) is 0 Å². The van der Waals surface area contributed by atoms with Gasteiger partial charge in [0.1, 0.15) is 0 Å². The average Bonchev–Trinajstić information content (AvgIpc) is 2.24. The Morgan fingerprint density at radius 2 is 2.12 bits per heavy atom. The molecule has 0 unspecified atom stereocenters. The summed E-state index contributed by atoms with van der Waals surface area (Å²) in [5.74, 6) is -0.678. The van der Waals surface area contributed by atoms with Crippen LogP contribution in [0, 0.1) is 5.82 Å². The monoisotopic (exact) mass is 260 g/mol. The summed E-state index contributed by atoms with van der Waals surface area (Å²) in [6, 6.07) is 3.44. The van der Waals surface area contributed by atoms with E-state index in [9.17, 15) is 12.8 Å². The van der Waals surface area contributed by atoms with Crippen LogP contribution in [0.25, 0.3) is 0 Å². The van der Waals surface area contributed by atoms with Crippen LogP contribution in [0.5, 0.6) is 5.75 Å². The van der Waals surface area contributed by atoms with Crippen molar-refractivity contribution in [1.29, 1.82) is 0 Å². The van der Waals surface area contributed by atoms with Gasteiger partial charge in [0, 0.05) is 19.1 Å². The molecule has 1 aliphatic rings. The van der Waals surface area contributed by atoms with E-state index < -0.39 is 15.8 Å². The van der Waals surface area contributed by atoms with Crippen molar-refractivity contribution >= 4 is 10.0 Å². The summed E-state index contributed by atoms with van der Waals surface area (Å²) >= 11 is 0. The third-order valence-electron chi connectivity index (χ3n) is 2.64. The van der Waals surface area contributed by atoms with Gasteiger partial charge in [-0.1, -0.05) is 0 Å². The summed E-state index contributed by atoms with van der Waals surface area (Å²) < 4.78 is 43.3. The van der Waals surface area contributed by atoms with E-state index >= 15 is 0 Å². The molecule has 0 aliphatic carbocycles. The Morgan fingerprint density at radius 1 is 1.47 bits per heavy atom. The maximum absolute atomic E-state index is 13.4. The van der Waals surface area contributed by atoms with E-state index in [1.807, 2.05) is 0 Å². The van der Waals surface area contributed by atoms with E-state index in [2.05, 4.69) is 0 Å². The second-order valence-corrected chi connectivity index (χ2v) is 5.82. The number of hydrogen-bond acceptors (Lipinski definition) is 4. The number of ether oxygens (including phenoxy) is 1. The molecule has 1 aromatic rings. The normalized spacial score (nSPS) is 17.8. The topological polar surface area (TPSA) is 72.6 Å². The Bertz CT molecular complexity index is 526. The number of halogens is 1. The third kappa shape index (κ3) is 2.13. The predicted molar refractivity (Wildman–Crippen MR) is 59.7 cm³/mol. The number of nitrogens with zero attached hydrogens (tertiary/aromatic N) is 1. The van der Waals surface area contributed by atoms with Crippen LogP contribution < -0.4 is 10.5 Å². The lowest BCUT2D eigenvalue weighted by molar-refractivity contribution is 0.265. The van der Waals surface area contributed by atoms with Crippen molar-refractivity contribution in [1.82, 2.24) is 4.31 Å². The second-order valence-electron chi connectivity index (χ2n) is 3.88. The summed E-state index contributed by atoms with van der Waals surface area (Å²) in [5, 5.41) is 0. The van der Waals surface area contributed by atoms with E-state index in [1.165, 1.54) is 23.5 Å².